The van der Waals surface area contributed by atoms with Crippen molar-refractivity contribution in [2.24, 2.45) is 5.73 Å². The molecule has 1 aromatic heterocycles. The summed E-state index contributed by atoms with van der Waals surface area (Å²) in [6.45, 7) is 5.50. The van der Waals surface area contributed by atoms with E-state index in [0.29, 0.717) is 12.1 Å². The molecule has 0 saturated heterocycles. The molecule has 0 amide bonds. The Kier molecular flexibility index (Phi) is 3.70. The molecule has 0 radical (unpaired) electrons. The molecule has 0 aliphatic carbocycles. The van der Waals surface area contributed by atoms with Crippen molar-refractivity contribution in [1.82, 2.24) is 4.98 Å². The maximum absolute atomic E-state index is 12.2. The lowest BCUT2D eigenvalue weighted by atomic mass is 10.1. The third kappa shape index (κ3) is 3.34. The molecule has 0 saturated carbocycles. The molecular formula is C11H13F3N2. The molecule has 1 unspecified atom stereocenters. The Hall–Kier alpha value is -1.36. The van der Waals surface area contributed by atoms with Gasteiger partial charge in [0, 0.05) is 6.20 Å². The maximum atomic E-state index is 12.2. The van der Waals surface area contributed by atoms with Crippen LogP contribution in [0.4, 0.5) is 13.2 Å². The Labute approximate surface area is 92.0 Å². The molecule has 1 rings (SSSR count). The van der Waals surface area contributed by atoms with Crippen LogP contribution >= 0.6 is 0 Å². The Balaban J connectivity index is 2.83. The highest BCUT2D eigenvalue weighted by Crippen LogP contribution is 2.29. The number of nitrogens with two attached hydrogens (primary N) is 1. The highest BCUT2D eigenvalue weighted by Gasteiger charge is 2.30. The maximum Gasteiger partial charge on any atom is 0.417 e. The molecular weight excluding hydrogens is 217 g/mol. The second-order valence-corrected chi connectivity index (χ2v) is 3.74. The third-order valence-corrected chi connectivity index (χ3v) is 2.06. The number of halogens is 3. The molecule has 5 heteroatoms. The molecule has 0 spiro atoms. The lowest BCUT2D eigenvalue weighted by Crippen LogP contribution is -2.13. The van der Waals surface area contributed by atoms with E-state index in [9.17, 15) is 13.2 Å². The van der Waals surface area contributed by atoms with Crippen LogP contribution in [0.5, 0.6) is 0 Å². The van der Waals surface area contributed by atoms with Crippen LogP contribution in [-0.4, -0.2) is 4.98 Å². The van der Waals surface area contributed by atoms with Crippen molar-refractivity contribution in [3.8, 4) is 0 Å². The topological polar surface area (TPSA) is 38.9 Å². The molecule has 0 bridgehead atoms. The summed E-state index contributed by atoms with van der Waals surface area (Å²) in [5, 5.41) is 0. The smallest absolute Gasteiger partial charge is 0.322 e. The van der Waals surface area contributed by atoms with Gasteiger partial charge in [-0.05, 0) is 25.5 Å². The third-order valence-electron chi connectivity index (χ3n) is 2.06. The Bertz CT molecular complexity index is 368. The molecule has 1 atom stereocenters. The lowest BCUT2D eigenvalue weighted by Gasteiger charge is -2.12. The molecule has 0 aliphatic heterocycles. The predicted octanol–water partition coefficient (Wildman–Crippen LogP) is 3.07. The van der Waals surface area contributed by atoms with Gasteiger partial charge in [-0.25, -0.2) is 0 Å². The van der Waals surface area contributed by atoms with Gasteiger partial charge in [0.2, 0.25) is 0 Å². The van der Waals surface area contributed by atoms with E-state index in [1.807, 2.05) is 6.92 Å². The highest BCUT2D eigenvalue weighted by atomic mass is 19.4. The minimum absolute atomic E-state index is 0.403. The average molecular weight is 230 g/mol. The van der Waals surface area contributed by atoms with Gasteiger partial charge in [-0.15, -0.1) is 6.58 Å². The van der Waals surface area contributed by atoms with Crippen molar-refractivity contribution in [2.45, 2.75) is 25.6 Å². The van der Waals surface area contributed by atoms with Crippen LogP contribution in [0.25, 0.3) is 0 Å². The summed E-state index contributed by atoms with van der Waals surface area (Å²) in [7, 11) is 0. The SMILES string of the molecule is C=C(C)CC(N)c1ccc(C(F)(F)F)cn1. The summed E-state index contributed by atoms with van der Waals surface area (Å²) in [5.41, 5.74) is 6.30. The minimum atomic E-state index is -4.36. The van der Waals surface area contributed by atoms with E-state index in [0.717, 1.165) is 17.8 Å². The number of pyridine rings is 1. The van der Waals surface area contributed by atoms with Crippen LogP contribution < -0.4 is 5.73 Å². The van der Waals surface area contributed by atoms with Gasteiger partial charge in [-0.2, -0.15) is 13.2 Å². The van der Waals surface area contributed by atoms with Crippen molar-refractivity contribution in [3.63, 3.8) is 0 Å². The number of rotatable bonds is 3. The van der Waals surface area contributed by atoms with E-state index < -0.39 is 17.8 Å². The number of hydrogen-bond acceptors (Lipinski definition) is 2. The summed E-state index contributed by atoms with van der Waals surface area (Å²) in [6, 6.07) is 1.89. The van der Waals surface area contributed by atoms with E-state index in [-0.39, 0.29) is 0 Å². The van der Waals surface area contributed by atoms with Crippen LogP contribution in [0.3, 0.4) is 0 Å². The van der Waals surface area contributed by atoms with Gasteiger partial charge in [-0.3, -0.25) is 4.98 Å². The predicted molar refractivity (Wildman–Crippen MR) is 55.6 cm³/mol. The van der Waals surface area contributed by atoms with Gasteiger partial charge in [0.15, 0.2) is 0 Å². The van der Waals surface area contributed by atoms with Gasteiger partial charge in [-0.1, -0.05) is 5.57 Å². The first-order chi connectivity index (χ1) is 7.30. The first kappa shape index (κ1) is 12.7. The normalized spacial score (nSPS) is 13.6. The zero-order chi connectivity index (χ0) is 12.3. The van der Waals surface area contributed by atoms with E-state index in [1.165, 1.54) is 6.07 Å². The van der Waals surface area contributed by atoms with E-state index in [4.69, 9.17) is 5.73 Å². The second kappa shape index (κ2) is 4.65. The fraction of sp³-hybridized carbons (Fsp3) is 0.364. The van der Waals surface area contributed by atoms with Gasteiger partial charge in [0.1, 0.15) is 0 Å². The monoisotopic (exact) mass is 230 g/mol. The summed E-state index contributed by atoms with van der Waals surface area (Å²) in [4.78, 5) is 3.71. The summed E-state index contributed by atoms with van der Waals surface area (Å²) in [6.07, 6.45) is -3.05. The molecule has 0 aromatic carbocycles. The number of aromatic nitrogens is 1. The molecule has 2 nitrogen and oxygen atoms in total. The Morgan fingerprint density at radius 1 is 1.50 bits per heavy atom. The molecule has 0 aliphatic rings. The average Bonchev–Trinajstić information content (AvgIpc) is 2.15. The minimum Gasteiger partial charge on any atom is -0.322 e. The molecule has 0 fully saturated rings. The van der Waals surface area contributed by atoms with Crippen LogP contribution in [-0.2, 0) is 6.18 Å². The van der Waals surface area contributed by atoms with Crippen molar-refractivity contribution >= 4 is 0 Å². The number of hydrogen-bond donors (Lipinski definition) is 1. The Morgan fingerprint density at radius 2 is 2.12 bits per heavy atom. The number of alkyl halides is 3. The quantitative estimate of drug-likeness (QED) is 0.810. The summed E-state index contributed by atoms with van der Waals surface area (Å²) in [5.74, 6) is 0. The summed E-state index contributed by atoms with van der Waals surface area (Å²) >= 11 is 0. The molecule has 1 aromatic rings. The van der Waals surface area contributed by atoms with Gasteiger partial charge < -0.3 is 5.73 Å². The van der Waals surface area contributed by atoms with Gasteiger partial charge >= 0.3 is 6.18 Å². The van der Waals surface area contributed by atoms with Crippen LogP contribution in [0.15, 0.2) is 30.5 Å². The molecule has 1 heterocycles. The molecule has 88 valence electrons. The number of nitrogens with zero attached hydrogens (tertiary/aromatic N) is 1. The lowest BCUT2D eigenvalue weighted by molar-refractivity contribution is -0.137. The van der Waals surface area contributed by atoms with E-state index in [2.05, 4.69) is 11.6 Å². The van der Waals surface area contributed by atoms with E-state index >= 15 is 0 Å². The van der Waals surface area contributed by atoms with Crippen molar-refractivity contribution in [1.29, 1.82) is 0 Å². The fourth-order valence-corrected chi connectivity index (χ4v) is 1.27. The van der Waals surface area contributed by atoms with Crippen LogP contribution in [0.2, 0.25) is 0 Å². The van der Waals surface area contributed by atoms with Gasteiger partial charge in [0.25, 0.3) is 0 Å². The summed E-state index contributed by atoms with van der Waals surface area (Å²) < 4.78 is 36.7. The first-order valence-corrected chi connectivity index (χ1v) is 4.74. The van der Waals surface area contributed by atoms with E-state index in [1.54, 1.807) is 0 Å². The van der Waals surface area contributed by atoms with Crippen molar-refractivity contribution in [3.05, 3.63) is 41.7 Å². The zero-order valence-corrected chi connectivity index (χ0v) is 8.88. The fourth-order valence-electron chi connectivity index (χ4n) is 1.27. The standard InChI is InChI=1S/C11H13F3N2/c1-7(2)5-9(15)10-4-3-8(6-16-10)11(12,13)14/h3-4,6,9H,1,5,15H2,2H3. The molecule has 2 N–H and O–H groups in total. The largest absolute Gasteiger partial charge is 0.417 e. The van der Waals surface area contributed by atoms with Crippen molar-refractivity contribution in [2.75, 3.05) is 0 Å². The highest BCUT2D eigenvalue weighted by molar-refractivity contribution is 5.19. The van der Waals surface area contributed by atoms with Gasteiger partial charge in [0.05, 0.1) is 17.3 Å². The van der Waals surface area contributed by atoms with Crippen molar-refractivity contribution < 1.29 is 13.2 Å². The zero-order valence-electron chi connectivity index (χ0n) is 8.88. The van der Waals surface area contributed by atoms with Crippen LogP contribution in [0.1, 0.15) is 30.6 Å². The Morgan fingerprint density at radius 3 is 2.50 bits per heavy atom. The first-order valence-electron chi connectivity index (χ1n) is 4.74. The van der Waals surface area contributed by atoms with Crippen LogP contribution in [0, 0.1) is 0 Å². The molecule has 16 heavy (non-hydrogen) atoms. The second-order valence-electron chi connectivity index (χ2n) is 3.74.